The third-order valence-electron chi connectivity index (χ3n) is 5.42. The predicted octanol–water partition coefficient (Wildman–Crippen LogP) is 4.94. The second kappa shape index (κ2) is 10.3. The standard InChI is InChI=1S/C26H36N4O4/c1-17(2)12-22(27-25(32)34-26(4,5)6)24(31)30(16-21-13-18(3)29(7)28-21)15-19-8-9-23-20(14-19)10-11-33-23/h8-11,13-14,17,22H,12,15-16H2,1-7H3,(H,27,32)/t22-/m0/s1. The van der Waals surface area contributed by atoms with Gasteiger partial charge in [0.1, 0.15) is 17.2 Å². The normalized spacial score (nSPS) is 12.7. The molecule has 34 heavy (non-hydrogen) atoms. The zero-order chi connectivity index (χ0) is 25.0. The third-order valence-corrected chi connectivity index (χ3v) is 5.42. The molecule has 1 atom stereocenters. The van der Waals surface area contributed by atoms with Gasteiger partial charge in [0.25, 0.3) is 0 Å². The molecule has 0 saturated carbocycles. The van der Waals surface area contributed by atoms with E-state index in [1.807, 2.05) is 58.2 Å². The minimum atomic E-state index is -0.711. The molecule has 2 aromatic heterocycles. The fraction of sp³-hybridized carbons (Fsp3) is 0.500. The van der Waals surface area contributed by atoms with Crippen LogP contribution in [0.1, 0.15) is 58.0 Å². The van der Waals surface area contributed by atoms with Crippen molar-refractivity contribution in [3.8, 4) is 0 Å². The van der Waals surface area contributed by atoms with Crippen LogP contribution in [0.3, 0.4) is 0 Å². The Morgan fingerprint density at radius 3 is 2.53 bits per heavy atom. The molecule has 1 aromatic carbocycles. The van der Waals surface area contributed by atoms with Crippen LogP contribution in [-0.2, 0) is 29.7 Å². The van der Waals surface area contributed by atoms with E-state index in [2.05, 4.69) is 10.4 Å². The van der Waals surface area contributed by atoms with Crippen molar-refractivity contribution in [2.24, 2.45) is 13.0 Å². The Hall–Kier alpha value is -3.29. The summed E-state index contributed by atoms with van der Waals surface area (Å²) in [6.07, 6.45) is 1.55. The van der Waals surface area contributed by atoms with Gasteiger partial charge in [0.2, 0.25) is 5.91 Å². The molecule has 0 spiro atoms. The summed E-state index contributed by atoms with van der Waals surface area (Å²) in [5.41, 5.74) is 2.91. The van der Waals surface area contributed by atoms with E-state index in [0.717, 1.165) is 27.9 Å². The molecule has 0 aliphatic carbocycles. The average molecular weight is 469 g/mol. The summed E-state index contributed by atoms with van der Waals surface area (Å²) >= 11 is 0. The lowest BCUT2D eigenvalue weighted by molar-refractivity contribution is -0.135. The molecule has 0 unspecified atom stereocenters. The number of aryl methyl sites for hydroxylation is 2. The van der Waals surface area contributed by atoms with Crippen molar-refractivity contribution in [2.75, 3.05) is 0 Å². The number of aromatic nitrogens is 2. The average Bonchev–Trinajstić information content (AvgIpc) is 3.30. The third kappa shape index (κ3) is 6.85. The molecule has 2 heterocycles. The summed E-state index contributed by atoms with van der Waals surface area (Å²) < 4.78 is 12.7. The highest BCUT2D eigenvalue weighted by atomic mass is 16.6. The van der Waals surface area contributed by atoms with Gasteiger partial charge in [0.15, 0.2) is 0 Å². The quantitative estimate of drug-likeness (QED) is 0.506. The smallest absolute Gasteiger partial charge is 0.408 e. The SMILES string of the molecule is Cc1cc(CN(Cc2ccc3occc3c2)C(=O)[C@H](CC(C)C)NC(=O)OC(C)(C)C)nn1C. The van der Waals surface area contributed by atoms with Crippen LogP contribution in [0.25, 0.3) is 11.0 Å². The largest absolute Gasteiger partial charge is 0.464 e. The highest BCUT2D eigenvalue weighted by Crippen LogP contribution is 2.20. The van der Waals surface area contributed by atoms with Crippen LogP contribution in [0, 0.1) is 12.8 Å². The van der Waals surface area contributed by atoms with Crippen molar-refractivity contribution in [1.82, 2.24) is 20.0 Å². The maximum absolute atomic E-state index is 13.8. The van der Waals surface area contributed by atoms with Gasteiger partial charge in [-0.3, -0.25) is 9.48 Å². The Labute approximate surface area is 201 Å². The first-order valence-corrected chi connectivity index (χ1v) is 11.6. The van der Waals surface area contributed by atoms with Crippen LogP contribution in [0.15, 0.2) is 41.0 Å². The van der Waals surface area contributed by atoms with E-state index < -0.39 is 17.7 Å². The molecular weight excluding hydrogens is 432 g/mol. The first-order chi connectivity index (χ1) is 15.9. The maximum atomic E-state index is 13.8. The number of nitrogens with one attached hydrogen (secondary N) is 1. The molecule has 3 aromatic rings. The second-order valence-corrected chi connectivity index (χ2v) is 10.2. The summed E-state index contributed by atoms with van der Waals surface area (Å²) in [5.74, 6) is 0.0280. The number of hydrogen-bond donors (Lipinski definition) is 1. The summed E-state index contributed by atoms with van der Waals surface area (Å²) in [6.45, 7) is 12.1. The number of alkyl carbamates (subject to hydrolysis) is 1. The molecular formula is C26H36N4O4. The number of furan rings is 1. The number of benzene rings is 1. The fourth-order valence-corrected chi connectivity index (χ4v) is 3.82. The molecule has 8 nitrogen and oxygen atoms in total. The zero-order valence-corrected chi connectivity index (χ0v) is 21.2. The van der Waals surface area contributed by atoms with E-state index >= 15 is 0 Å². The van der Waals surface area contributed by atoms with Gasteiger partial charge in [0.05, 0.1) is 18.5 Å². The topological polar surface area (TPSA) is 89.6 Å². The van der Waals surface area contributed by atoms with Crippen molar-refractivity contribution in [3.05, 3.63) is 53.5 Å². The lowest BCUT2D eigenvalue weighted by Crippen LogP contribution is -2.49. The number of fused-ring (bicyclic) bond motifs is 1. The molecule has 3 rings (SSSR count). The minimum absolute atomic E-state index is 0.171. The Kier molecular flexibility index (Phi) is 7.69. The lowest BCUT2D eigenvalue weighted by atomic mass is 10.0. The van der Waals surface area contributed by atoms with Crippen LogP contribution in [0.2, 0.25) is 0 Å². The molecule has 0 bridgehead atoms. The molecule has 2 amide bonds. The minimum Gasteiger partial charge on any atom is -0.464 e. The lowest BCUT2D eigenvalue weighted by Gasteiger charge is -2.29. The van der Waals surface area contributed by atoms with Crippen molar-refractivity contribution >= 4 is 23.0 Å². The van der Waals surface area contributed by atoms with Crippen LogP contribution in [0.5, 0.6) is 0 Å². The van der Waals surface area contributed by atoms with Crippen molar-refractivity contribution < 1.29 is 18.7 Å². The molecule has 1 N–H and O–H groups in total. The van der Waals surface area contributed by atoms with E-state index in [1.54, 1.807) is 36.6 Å². The Balaban J connectivity index is 1.88. The van der Waals surface area contributed by atoms with Gasteiger partial charge in [0, 0.05) is 24.7 Å². The van der Waals surface area contributed by atoms with E-state index in [-0.39, 0.29) is 11.8 Å². The molecule has 0 fully saturated rings. The van der Waals surface area contributed by atoms with Crippen LogP contribution >= 0.6 is 0 Å². The number of rotatable bonds is 8. The zero-order valence-electron chi connectivity index (χ0n) is 21.2. The van der Waals surface area contributed by atoms with E-state index in [9.17, 15) is 9.59 Å². The van der Waals surface area contributed by atoms with E-state index in [1.165, 1.54) is 0 Å². The van der Waals surface area contributed by atoms with Crippen molar-refractivity contribution in [3.63, 3.8) is 0 Å². The molecule has 0 aliphatic rings. The Morgan fingerprint density at radius 1 is 1.18 bits per heavy atom. The molecule has 0 saturated heterocycles. The summed E-state index contributed by atoms with van der Waals surface area (Å²) in [6, 6.07) is 9.04. The molecule has 8 heteroatoms. The maximum Gasteiger partial charge on any atom is 0.408 e. The second-order valence-electron chi connectivity index (χ2n) is 10.2. The van der Waals surface area contributed by atoms with Crippen molar-refractivity contribution in [2.45, 2.75) is 72.7 Å². The van der Waals surface area contributed by atoms with Gasteiger partial charge in [-0.1, -0.05) is 19.9 Å². The van der Waals surface area contributed by atoms with Crippen LogP contribution in [-0.4, -0.2) is 38.3 Å². The first kappa shape index (κ1) is 25.3. The first-order valence-electron chi connectivity index (χ1n) is 11.6. The summed E-state index contributed by atoms with van der Waals surface area (Å²) in [4.78, 5) is 28.1. The molecule has 0 aliphatic heterocycles. The monoisotopic (exact) mass is 468 g/mol. The van der Waals surface area contributed by atoms with Gasteiger partial charge in [-0.25, -0.2) is 4.79 Å². The molecule has 184 valence electrons. The highest BCUT2D eigenvalue weighted by molar-refractivity contribution is 5.86. The Morgan fingerprint density at radius 2 is 1.91 bits per heavy atom. The Bertz CT molecular complexity index is 1120. The number of ether oxygens (including phenoxy) is 1. The molecule has 0 radical (unpaired) electrons. The highest BCUT2D eigenvalue weighted by Gasteiger charge is 2.29. The van der Waals surface area contributed by atoms with Gasteiger partial charge in [-0.05, 0) is 69.9 Å². The van der Waals surface area contributed by atoms with Gasteiger partial charge in [-0.2, -0.15) is 5.10 Å². The van der Waals surface area contributed by atoms with Crippen LogP contribution < -0.4 is 5.32 Å². The van der Waals surface area contributed by atoms with Gasteiger partial charge in [-0.15, -0.1) is 0 Å². The van der Waals surface area contributed by atoms with E-state index in [0.29, 0.717) is 19.5 Å². The van der Waals surface area contributed by atoms with Gasteiger partial charge < -0.3 is 19.4 Å². The fourth-order valence-electron chi connectivity index (χ4n) is 3.82. The van der Waals surface area contributed by atoms with Gasteiger partial charge >= 0.3 is 6.09 Å². The van der Waals surface area contributed by atoms with E-state index in [4.69, 9.17) is 9.15 Å². The predicted molar refractivity (Wildman–Crippen MR) is 131 cm³/mol. The summed E-state index contributed by atoms with van der Waals surface area (Å²) in [5, 5.41) is 8.32. The number of nitrogens with zero attached hydrogens (tertiary/aromatic N) is 3. The summed E-state index contributed by atoms with van der Waals surface area (Å²) in [7, 11) is 1.88. The number of hydrogen-bond acceptors (Lipinski definition) is 5. The van der Waals surface area contributed by atoms with Crippen molar-refractivity contribution in [1.29, 1.82) is 0 Å². The van der Waals surface area contributed by atoms with Crippen LogP contribution in [0.4, 0.5) is 4.79 Å². The number of carbonyl (C=O) groups is 2. The number of amides is 2. The number of carbonyl (C=O) groups excluding carboxylic acids is 2.